The molecular weight excluding hydrogens is 670 g/mol. The highest BCUT2D eigenvalue weighted by molar-refractivity contribution is 5.89. The summed E-state index contributed by atoms with van der Waals surface area (Å²) in [5.74, 6) is -0.424. The van der Waals surface area contributed by atoms with Gasteiger partial charge in [0.25, 0.3) is 0 Å². The summed E-state index contributed by atoms with van der Waals surface area (Å²) in [6, 6.07) is 21.3. The largest absolute Gasteiger partial charge is 0.493 e. The van der Waals surface area contributed by atoms with E-state index in [4.69, 9.17) is 24.6 Å². The van der Waals surface area contributed by atoms with Gasteiger partial charge in [0.1, 0.15) is 5.75 Å². The predicted octanol–water partition coefficient (Wildman–Crippen LogP) is 5.98. The lowest BCUT2D eigenvalue weighted by molar-refractivity contribution is -0.497. The maximum Gasteiger partial charge on any atom is 0.336 e. The first-order valence-corrected chi connectivity index (χ1v) is 17.5. The number of methoxy groups -OCH3 is 1. The van der Waals surface area contributed by atoms with Gasteiger partial charge < -0.3 is 29.5 Å². The molecule has 12 nitrogen and oxygen atoms in total. The van der Waals surface area contributed by atoms with Crippen molar-refractivity contribution in [3.8, 4) is 17.2 Å². The molecule has 0 radical (unpaired) electrons. The minimum Gasteiger partial charge on any atom is -0.493 e. The predicted molar refractivity (Wildman–Crippen MR) is 191 cm³/mol. The van der Waals surface area contributed by atoms with Crippen LogP contribution in [0.15, 0.2) is 91.0 Å². The Hall–Kier alpha value is -4.40. The lowest BCUT2D eigenvalue weighted by atomic mass is 9.85. The second kappa shape index (κ2) is 21.2. The Morgan fingerprint density at radius 3 is 2.42 bits per heavy atom. The van der Waals surface area contributed by atoms with Gasteiger partial charge in [-0.1, -0.05) is 60.7 Å². The Balaban J connectivity index is 1.17. The number of aryl methyl sites for hydroxylation is 1. The van der Waals surface area contributed by atoms with Crippen molar-refractivity contribution < 1.29 is 54.4 Å². The summed E-state index contributed by atoms with van der Waals surface area (Å²) < 4.78 is 16.2. The fourth-order valence-electron chi connectivity index (χ4n) is 6.34. The number of allylic oxidation sites excluding steroid dienone is 2. The molecule has 0 saturated heterocycles. The highest BCUT2D eigenvalue weighted by Crippen LogP contribution is 2.38. The van der Waals surface area contributed by atoms with Crippen LogP contribution in [0, 0.1) is 11.8 Å². The van der Waals surface area contributed by atoms with E-state index in [9.17, 15) is 24.9 Å². The third-order valence-electron chi connectivity index (χ3n) is 9.08. The van der Waals surface area contributed by atoms with Gasteiger partial charge >= 0.3 is 11.9 Å². The zero-order valence-corrected chi connectivity index (χ0v) is 29.3. The van der Waals surface area contributed by atoms with Crippen molar-refractivity contribution in [2.24, 2.45) is 11.8 Å². The Bertz CT molecular complexity index is 1610. The smallest absolute Gasteiger partial charge is 0.336 e. The molecular formula is C40H49NO11. The van der Waals surface area contributed by atoms with E-state index in [1.165, 1.54) is 30.9 Å². The molecule has 0 spiro atoms. The number of hydrogen-bond donors (Lipinski definition) is 5. The first-order chi connectivity index (χ1) is 25.1. The van der Waals surface area contributed by atoms with Gasteiger partial charge in [-0.2, -0.15) is 0 Å². The van der Waals surface area contributed by atoms with E-state index in [1.807, 2.05) is 42.5 Å². The maximum atomic E-state index is 12.6. The van der Waals surface area contributed by atoms with E-state index < -0.39 is 35.6 Å². The molecule has 52 heavy (non-hydrogen) atoms. The van der Waals surface area contributed by atoms with E-state index in [-0.39, 0.29) is 36.4 Å². The summed E-state index contributed by atoms with van der Waals surface area (Å²) in [7, 11) is 1.45. The molecule has 0 bridgehead atoms. The van der Waals surface area contributed by atoms with Crippen LogP contribution in [-0.2, 0) is 27.5 Å². The van der Waals surface area contributed by atoms with Gasteiger partial charge in [-0.05, 0) is 110 Å². The molecule has 1 aliphatic carbocycles. The van der Waals surface area contributed by atoms with Crippen molar-refractivity contribution in [2.45, 2.75) is 82.7 Å². The Labute approximate surface area is 304 Å². The first-order valence-electron chi connectivity index (χ1n) is 17.5. The number of hydrogen-bond acceptors (Lipinski definition) is 12. The summed E-state index contributed by atoms with van der Waals surface area (Å²) in [6.45, 7) is -0.147. The molecule has 1 aliphatic rings. The van der Waals surface area contributed by atoms with Gasteiger partial charge in [0, 0.05) is 12.5 Å². The average molecular weight is 720 g/mol. The number of aliphatic hydroxyl groups excluding tert-OH is 3. The van der Waals surface area contributed by atoms with Crippen molar-refractivity contribution >= 4 is 18.0 Å². The molecule has 3 aromatic rings. The maximum absolute atomic E-state index is 12.6. The van der Waals surface area contributed by atoms with Crippen LogP contribution < -0.4 is 14.2 Å². The summed E-state index contributed by atoms with van der Waals surface area (Å²) in [5.41, 5.74) is 2.33. The van der Waals surface area contributed by atoms with E-state index in [0.717, 1.165) is 6.42 Å². The number of aliphatic hydroxyl groups is 3. The molecule has 4 rings (SSSR count). The van der Waals surface area contributed by atoms with Crippen molar-refractivity contribution in [2.75, 3.05) is 7.11 Å². The molecule has 1 saturated carbocycles. The Kier molecular flexibility index (Phi) is 16.5. The van der Waals surface area contributed by atoms with Crippen LogP contribution in [-0.4, -0.2) is 68.5 Å². The van der Waals surface area contributed by atoms with Gasteiger partial charge in [0.15, 0.2) is 11.5 Å². The minimum atomic E-state index is -0.644. The van der Waals surface area contributed by atoms with Crippen molar-refractivity contribution in [1.29, 1.82) is 0 Å². The molecule has 5 atom stereocenters. The van der Waals surface area contributed by atoms with Gasteiger partial charge in [0.2, 0.25) is 0 Å². The first kappa shape index (κ1) is 40.4. The zero-order valence-electron chi connectivity index (χ0n) is 29.3. The Morgan fingerprint density at radius 2 is 1.65 bits per heavy atom. The summed E-state index contributed by atoms with van der Waals surface area (Å²) in [6.07, 6.45) is 10.1. The van der Waals surface area contributed by atoms with Crippen molar-refractivity contribution in [3.63, 3.8) is 0 Å². The second-order valence-electron chi connectivity index (χ2n) is 12.9. The minimum absolute atomic E-state index is 0.0791. The van der Waals surface area contributed by atoms with Crippen molar-refractivity contribution in [1.82, 2.24) is 5.39 Å². The third-order valence-corrected chi connectivity index (χ3v) is 9.08. The number of benzene rings is 3. The molecule has 12 heteroatoms. The summed E-state index contributed by atoms with van der Waals surface area (Å²) in [5, 5.41) is 48.7. The monoisotopic (exact) mass is 719 g/mol. The van der Waals surface area contributed by atoms with Gasteiger partial charge in [-0.3, -0.25) is 15.2 Å². The van der Waals surface area contributed by atoms with E-state index in [1.54, 1.807) is 36.4 Å². The normalized spacial score (nSPS) is 19.4. The molecule has 0 aromatic heterocycles. The standard InChI is InChI=1S/C40H49NO11/c1-49-38-25-29(18-23-40(46)51-32-13-9-12-30(24-32)27-50-41(47)48)17-22-37(38)52-39(45)15-8-3-2-7-14-33-34(36(44)26-35(33)43)21-20-31(42)19-16-28-10-5-4-6-11-28/h2,4-7,9-13,17-18,22-25,31,33-36,42-44,47-48H,3,8,14-16,19-21,26-27H2,1H3/b7-2-,23-18+/t31-,33+,34+,35-,36+/m0/s1. The summed E-state index contributed by atoms with van der Waals surface area (Å²) >= 11 is 0. The Morgan fingerprint density at radius 1 is 0.885 bits per heavy atom. The zero-order chi connectivity index (χ0) is 37.3. The number of unbranched alkanes of at least 4 members (excludes halogenated alkanes) is 1. The molecule has 1 fully saturated rings. The summed E-state index contributed by atoms with van der Waals surface area (Å²) in [4.78, 5) is 29.5. The topological polar surface area (TPSA) is 175 Å². The van der Waals surface area contributed by atoms with Crippen LogP contribution in [0.25, 0.3) is 6.08 Å². The fraction of sp³-hybridized carbons (Fsp3) is 0.400. The van der Waals surface area contributed by atoms with Crippen LogP contribution in [0.2, 0.25) is 0 Å². The van der Waals surface area contributed by atoms with Crippen LogP contribution in [0.3, 0.4) is 0 Å². The molecule has 280 valence electrons. The number of carbonyl (C=O) groups excluding carboxylic acids is 2. The van der Waals surface area contributed by atoms with Crippen LogP contribution in [0.1, 0.15) is 68.1 Å². The number of rotatable bonds is 20. The number of ether oxygens (including phenoxy) is 3. The van der Waals surface area contributed by atoms with E-state index in [2.05, 4.69) is 4.84 Å². The second-order valence-corrected chi connectivity index (χ2v) is 12.9. The van der Waals surface area contributed by atoms with Gasteiger partial charge in [0.05, 0.1) is 37.4 Å². The highest BCUT2D eigenvalue weighted by Gasteiger charge is 2.40. The van der Waals surface area contributed by atoms with E-state index in [0.29, 0.717) is 61.8 Å². The number of esters is 2. The number of nitrogens with zero attached hydrogens (tertiary/aromatic N) is 1. The average Bonchev–Trinajstić information content (AvgIpc) is 3.41. The molecule has 5 N–H and O–H groups in total. The number of carbonyl (C=O) groups is 2. The molecule has 3 aromatic carbocycles. The molecule has 0 unspecified atom stereocenters. The SMILES string of the molecule is COc1cc(/C=C/C(=O)Oc2cccc(CON(O)O)c2)ccc1OC(=O)CCC/C=C\C[C@@H]1[C@@H](CC[C@@H](O)CCc2ccccc2)[C@H](O)C[C@@H]1O. The molecule has 0 heterocycles. The van der Waals surface area contributed by atoms with Crippen molar-refractivity contribution in [3.05, 3.63) is 108 Å². The fourth-order valence-corrected chi connectivity index (χ4v) is 6.34. The van der Waals surface area contributed by atoms with Gasteiger partial charge in [-0.25, -0.2) is 9.63 Å². The van der Waals surface area contributed by atoms with Crippen LogP contribution in [0.4, 0.5) is 0 Å². The molecule has 0 aliphatic heterocycles. The van der Waals surface area contributed by atoms with Gasteiger partial charge in [-0.15, -0.1) is 0 Å². The van der Waals surface area contributed by atoms with Crippen LogP contribution in [0.5, 0.6) is 17.2 Å². The third kappa shape index (κ3) is 13.6. The lowest BCUT2D eigenvalue weighted by Gasteiger charge is -2.23. The lowest BCUT2D eigenvalue weighted by Crippen LogP contribution is -2.23. The molecule has 0 amide bonds. The van der Waals surface area contributed by atoms with E-state index >= 15 is 0 Å². The van der Waals surface area contributed by atoms with Crippen LogP contribution >= 0.6 is 0 Å². The quantitative estimate of drug-likeness (QED) is 0.0231. The highest BCUT2D eigenvalue weighted by atomic mass is 17.1.